The molecule has 0 spiro atoms. The van der Waals surface area contributed by atoms with Crippen LogP contribution in [0.1, 0.15) is 34.7 Å². The second-order valence-corrected chi connectivity index (χ2v) is 6.32. The normalized spacial score (nSPS) is 12.1. The Balaban J connectivity index is 2.54. The average molecular weight is 331 g/mol. The Labute approximate surface area is 144 Å². The van der Waals surface area contributed by atoms with Crippen molar-refractivity contribution in [3.8, 4) is 5.75 Å². The standard InChI is InChI=1S/C19H22OS2/c1-5-20-17-9-6-12(2)10-16(17)19(22)18(21)15-8-7-13(3)14(4)11-15/h6-11,21-22H,5H2,1-4H3/b19-18-. The van der Waals surface area contributed by atoms with E-state index in [0.717, 1.165) is 26.7 Å². The minimum absolute atomic E-state index is 0.628. The maximum atomic E-state index is 5.73. The third-order valence-electron chi connectivity index (χ3n) is 3.69. The molecular weight excluding hydrogens is 308 g/mol. The summed E-state index contributed by atoms with van der Waals surface area (Å²) in [4.78, 5) is 1.69. The van der Waals surface area contributed by atoms with Crippen molar-refractivity contribution in [2.45, 2.75) is 27.7 Å². The summed E-state index contributed by atoms with van der Waals surface area (Å²) in [6, 6.07) is 12.5. The lowest BCUT2D eigenvalue weighted by molar-refractivity contribution is 0.339. The van der Waals surface area contributed by atoms with Gasteiger partial charge in [0, 0.05) is 15.4 Å². The zero-order valence-electron chi connectivity index (χ0n) is 13.5. The molecule has 116 valence electrons. The molecule has 0 radical (unpaired) electrons. The van der Waals surface area contributed by atoms with E-state index in [2.05, 4.69) is 45.0 Å². The third kappa shape index (κ3) is 3.71. The molecule has 0 aromatic heterocycles. The topological polar surface area (TPSA) is 9.23 Å². The Morgan fingerprint density at radius 1 is 0.909 bits per heavy atom. The number of rotatable bonds is 4. The third-order valence-corrected chi connectivity index (χ3v) is 4.82. The van der Waals surface area contributed by atoms with Crippen molar-refractivity contribution in [3.05, 3.63) is 64.2 Å². The summed E-state index contributed by atoms with van der Waals surface area (Å²) >= 11 is 9.42. The Kier molecular flexibility index (Phi) is 5.65. The summed E-state index contributed by atoms with van der Waals surface area (Å²) < 4.78 is 5.73. The molecule has 0 saturated carbocycles. The molecule has 0 fully saturated rings. The van der Waals surface area contributed by atoms with Crippen molar-refractivity contribution in [1.29, 1.82) is 0 Å². The minimum Gasteiger partial charge on any atom is -0.493 e. The molecule has 0 atom stereocenters. The molecular formula is C19H22OS2. The molecule has 2 aromatic rings. The fourth-order valence-electron chi connectivity index (χ4n) is 2.26. The number of ether oxygens (including phenoxy) is 1. The smallest absolute Gasteiger partial charge is 0.127 e. The van der Waals surface area contributed by atoms with Crippen molar-refractivity contribution in [3.63, 3.8) is 0 Å². The van der Waals surface area contributed by atoms with Crippen molar-refractivity contribution in [2.24, 2.45) is 0 Å². The highest BCUT2D eigenvalue weighted by molar-refractivity contribution is 7.96. The van der Waals surface area contributed by atoms with Gasteiger partial charge in [0.1, 0.15) is 5.75 Å². The fraction of sp³-hybridized carbons (Fsp3) is 0.263. The Morgan fingerprint density at radius 3 is 2.27 bits per heavy atom. The van der Waals surface area contributed by atoms with Gasteiger partial charge in [-0.25, -0.2) is 0 Å². The van der Waals surface area contributed by atoms with Crippen LogP contribution in [0.5, 0.6) is 5.75 Å². The average Bonchev–Trinajstić information content (AvgIpc) is 2.50. The van der Waals surface area contributed by atoms with Crippen LogP contribution in [0.4, 0.5) is 0 Å². The van der Waals surface area contributed by atoms with E-state index in [9.17, 15) is 0 Å². The number of aryl methyl sites for hydroxylation is 3. The summed E-state index contributed by atoms with van der Waals surface area (Å²) in [5, 5.41) is 0. The van der Waals surface area contributed by atoms with Gasteiger partial charge in [0.25, 0.3) is 0 Å². The van der Waals surface area contributed by atoms with Gasteiger partial charge in [0.15, 0.2) is 0 Å². The second kappa shape index (κ2) is 7.30. The van der Waals surface area contributed by atoms with E-state index in [1.54, 1.807) is 0 Å². The van der Waals surface area contributed by atoms with E-state index in [1.165, 1.54) is 16.7 Å². The predicted molar refractivity (Wildman–Crippen MR) is 103 cm³/mol. The van der Waals surface area contributed by atoms with Crippen LogP contribution in [-0.4, -0.2) is 6.61 Å². The van der Waals surface area contributed by atoms with E-state index in [4.69, 9.17) is 30.0 Å². The first kappa shape index (κ1) is 17.0. The van der Waals surface area contributed by atoms with E-state index >= 15 is 0 Å². The maximum absolute atomic E-state index is 5.73. The molecule has 0 unspecified atom stereocenters. The maximum Gasteiger partial charge on any atom is 0.127 e. The highest BCUT2D eigenvalue weighted by atomic mass is 32.1. The molecule has 2 aromatic carbocycles. The molecule has 0 amide bonds. The van der Waals surface area contributed by atoms with Crippen molar-refractivity contribution in [1.82, 2.24) is 0 Å². The van der Waals surface area contributed by atoms with Crippen molar-refractivity contribution < 1.29 is 4.74 Å². The highest BCUT2D eigenvalue weighted by Gasteiger charge is 2.11. The minimum atomic E-state index is 0.628. The van der Waals surface area contributed by atoms with Gasteiger partial charge < -0.3 is 4.74 Å². The van der Waals surface area contributed by atoms with Crippen molar-refractivity contribution >= 4 is 35.1 Å². The monoisotopic (exact) mass is 330 g/mol. The lowest BCUT2D eigenvalue weighted by Gasteiger charge is -2.14. The van der Waals surface area contributed by atoms with Gasteiger partial charge in [0.05, 0.1) is 6.61 Å². The molecule has 3 heteroatoms. The zero-order valence-corrected chi connectivity index (χ0v) is 15.3. The van der Waals surface area contributed by atoms with Crippen LogP contribution in [0.15, 0.2) is 36.4 Å². The van der Waals surface area contributed by atoms with Crippen molar-refractivity contribution in [2.75, 3.05) is 6.61 Å². The molecule has 0 bridgehead atoms. The molecule has 1 nitrogen and oxygen atoms in total. The van der Waals surface area contributed by atoms with Crippen LogP contribution in [0.3, 0.4) is 0 Å². The number of hydrogen-bond acceptors (Lipinski definition) is 3. The van der Waals surface area contributed by atoms with E-state index < -0.39 is 0 Å². The van der Waals surface area contributed by atoms with Gasteiger partial charge in [-0.15, -0.1) is 25.3 Å². The van der Waals surface area contributed by atoms with Gasteiger partial charge in [-0.05, 0) is 56.5 Å². The zero-order chi connectivity index (χ0) is 16.3. The van der Waals surface area contributed by atoms with Gasteiger partial charge in [0.2, 0.25) is 0 Å². The first-order valence-electron chi connectivity index (χ1n) is 7.37. The molecule has 0 N–H and O–H groups in total. The van der Waals surface area contributed by atoms with Crippen LogP contribution in [-0.2, 0) is 0 Å². The molecule has 22 heavy (non-hydrogen) atoms. The first-order chi connectivity index (χ1) is 10.4. The first-order valence-corrected chi connectivity index (χ1v) is 8.27. The second-order valence-electron chi connectivity index (χ2n) is 5.43. The van der Waals surface area contributed by atoms with E-state index in [-0.39, 0.29) is 0 Å². The van der Waals surface area contributed by atoms with Crippen LogP contribution in [0.25, 0.3) is 9.81 Å². The van der Waals surface area contributed by atoms with Gasteiger partial charge >= 0.3 is 0 Å². The summed E-state index contributed by atoms with van der Waals surface area (Å²) in [7, 11) is 0. The lowest BCUT2D eigenvalue weighted by atomic mass is 10.0. The van der Waals surface area contributed by atoms with Crippen LogP contribution < -0.4 is 4.74 Å². The summed E-state index contributed by atoms with van der Waals surface area (Å²) in [5.74, 6) is 0.841. The summed E-state index contributed by atoms with van der Waals surface area (Å²) in [5.41, 5.74) is 5.75. The molecule has 0 saturated heterocycles. The Hall–Kier alpha value is -1.32. The van der Waals surface area contributed by atoms with E-state index in [0.29, 0.717) is 6.61 Å². The van der Waals surface area contributed by atoms with Crippen LogP contribution in [0.2, 0.25) is 0 Å². The van der Waals surface area contributed by atoms with Gasteiger partial charge in [-0.1, -0.05) is 29.8 Å². The van der Waals surface area contributed by atoms with Crippen LogP contribution in [0, 0.1) is 20.8 Å². The number of benzene rings is 2. The highest BCUT2D eigenvalue weighted by Crippen LogP contribution is 2.37. The van der Waals surface area contributed by atoms with E-state index in [1.807, 2.05) is 19.1 Å². The fourth-order valence-corrected chi connectivity index (χ4v) is 2.83. The molecule has 0 aliphatic heterocycles. The Morgan fingerprint density at radius 2 is 1.64 bits per heavy atom. The largest absolute Gasteiger partial charge is 0.493 e. The van der Waals surface area contributed by atoms with Crippen LogP contribution >= 0.6 is 25.3 Å². The molecule has 0 heterocycles. The SMILES string of the molecule is CCOc1ccc(C)cc1/C(S)=C(/S)c1ccc(C)c(C)c1. The van der Waals surface area contributed by atoms with Gasteiger partial charge in [-0.3, -0.25) is 0 Å². The summed E-state index contributed by atoms with van der Waals surface area (Å²) in [6.45, 7) is 8.89. The quantitative estimate of drug-likeness (QED) is 0.540. The van der Waals surface area contributed by atoms with Gasteiger partial charge in [-0.2, -0.15) is 0 Å². The summed E-state index contributed by atoms with van der Waals surface area (Å²) in [6.07, 6.45) is 0. The number of thiol groups is 2. The lowest BCUT2D eigenvalue weighted by Crippen LogP contribution is -1.96. The molecule has 0 aliphatic carbocycles. The molecule has 2 rings (SSSR count). The number of hydrogen-bond donors (Lipinski definition) is 2. The predicted octanol–water partition coefficient (Wildman–Crippen LogP) is 5.70. The Bertz CT molecular complexity index is 717. The molecule has 0 aliphatic rings.